The van der Waals surface area contributed by atoms with Crippen molar-refractivity contribution < 1.29 is 27.6 Å². The Bertz CT molecular complexity index is 1870. The second-order valence-corrected chi connectivity index (χ2v) is 11.8. The fraction of sp³-hybridized carbons (Fsp3) is 0.312. The lowest BCUT2D eigenvalue weighted by molar-refractivity contribution is -0.128. The van der Waals surface area contributed by atoms with Crippen LogP contribution in [0, 0.1) is 17.1 Å². The van der Waals surface area contributed by atoms with E-state index in [4.69, 9.17) is 11.6 Å². The number of anilines is 2. The van der Waals surface area contributed by atoms with Crippen LogP contribution < -0.4 is 15.1 Å². The van der Waals surface area contributed by atoms with Crippen LogP contribution in [0.3, 0.4) is 0 Å². The van der Waals surface area contributed by atoms with Crippen molar-refractivity contribution in [2.45, 2.75) is 62.6 Å². The molecule has 0 radical (unpaired) electrons. The number of nitrogens with one attached hydrogen (secondary N) is 2. The number of pyridine rings is 1. The number of aromatic nitrogens is 3. The van der Waals surface area contributed by atoms with Gasteiger partial charge in [0.05, 0.1) is 17.8 Å². The lowest BCUT2D eigenvalue weighted by atomic mass is 9.91. The number of benzene rings is 2. The standard InChI is InChI=1S/C32H27ClF3N7O3/c33-23-4-2-1-3-22(23)29(30(45)40-20-7-10-32(35,36)11-8-20)42(21-14-19-17-39-41-28(19)24(34)15-21)31(46)25-5-6-27(44)43(25)26-13-18(16-37)9-12-38-26/h1-4,9,12-15,17,20,25,29H,5-8,10-11H2,(H,39,41)(H,40,45)/t25-,29-/m0/s1. The Morgan fingerprint density at radius 2 is 1.91 bits per heavy atom. The van der Waals surface area contributed by atoms with Crippen molar-refractivity contribution in [2.75, 3.05) is 9.80 Å². The Morgan fingerprint density at radius 3 is 2.65 bits per heavy atom. The molecule has 2 N–H and O–H groups in total. The zero-order chi connectivity index (χ0) is 32.6. The molecular formula is C32H27ClF3N7O3. The van der Waals surface area contributed by atoms with Crippen LogP contribution >= 0.6 is 11.6 Å². The predicted octanol–water partition coefficient (Wildman–Crippen LogP) is 5.59. The van der Waals surface area contributed by atoms with Crippen LogP contribution in [0.5, 0.6) is 0 Å². The predicted molar refractivity (Wildman–Crippen MR) is 163 cm³/mol. The number of H-pyrrole nitrogens is 1. The summed E-state index contributed by atoms with van der Waals surface area (Å²) in [4.78, 5) is 48.7. The molecule has 4 aromatic rings. The molecule has 236 valence electrons. The third-order valence-electron chi connectivity index (χ3n) is 8.39. The van der Waals surface area contributed by atoms with E-state index >= 15 is 4.39 Å². The Hall–Kier alpha value is -4.96. The van der Waals surface area contributed by atoms with Crippen molar-refractivity contribution in [1.29, 1.82) is 5.26 Å². The average molecular weight is 650 g/mol. The van der Waals surface area contributed by atoms with Crippen LogP contribution in [0.15, 0.2) is 60.9 Å². The number of aromatic amines is 1. The summed E-state index contributed by atoms with van der Waals surface area (Å²) in [5.41, 5.74) is 0.467. The molecule has 1 aliphatic carbocycles. The molecule has 10 nitrogen and oxygen atoms in total. The van der Waals surface area contributed by atoms with E-state index in [1.54, 1.807) is 18.2 Å². The van der Waals surface area contributed by atoms with Gasteiger partial charge >= 0.3 is 0 Å². The number of hydrogen-bond donors (Lipinski definition) is 2. The smallest absolute Gasteiger partial charge is 0.251 e. The van der Waals surface area contributed by atoms with E-state index in [0.717, 1.165) is 11.0 Å². The molecule has 3 amide bonds. The number of amides is 3. The third kappa shape index (κ3) is 6.00. The van der Waals surface area contributed by atoms with Crippen molar-refractivity contribution in [3.05, 3.63) is 82.9 Å². The highest BCUT2D eigenvalue weighted by Crippen LogP contribution is 2.38. The molecule has 2 fully saturated rings. The summed E-state index contributed by atoms with van der Waals surface area (Å²) in [5, 5.41) is 19.1. The summed E-state index contributed by atoms with van der Waals surface area (Å²) < 4.78 is 43.3. The number of fused-ring (bicyclic) bond motifs is 1. The molecule has 6 rings (SSSR count). The van der Waals surface area contributed by atoms with E-state index in [1.807, 2.05) is 6.07 Å². The molecule has 0 spiro atoms. The fourth-order valence-corrected chi connectivity index (χ4v) is 6.33. The first-order valence-corrected chi connectivity index (χ1v) is 15.0. The van der Waals surface area contributed by atoms with E-state index < -0.39 is 60.4 Å². The third-order valence-corrected chi connectivity index (χ3v) is 8.73. The first-order chi connectivity index (χ1) is 22.1. The maximum Gasteiger partial charge on any atom is 0.251 e. The second-order valence-electron chi connectivity index (χ2n) is 11.4. The van der Waals surface area contributed by atoms with E-state index in [9.17, 15) is 28.4 Å². The van der Waals surface area contributed by atoms with Crippen molar-refractivity contribution in [3.63, 3.8) is 0 Å². The summed E-state index contributed by atoms with van der Waals surface area (Å²) in [6, 6.07) is 10.4. The number of rotatable bonds is 7. The molecule has 1 saturated heterocycles. The summed E-state index contributed by atoms with van der Waals surface area (Å²) in [6.45, 7) is 0. The summed E-state index contributed by atoms with van der Waals surface area (Å²) in [5.74, 6) is -5.41. The molecule has 0 bridgehead atoms. The van der Waals surface area contributed by atoms with Crippen molar-refractivity contribution in [1.82, 2.24) is 20.5 Å². The van der Waals surface area contributed by atoms with Gasteiger partial charge in [-0.25, -0.2) is 18.2 Å². The minimum Gasteiger partial charge on any atom is -0.351 e. The highest BCUT2D eigenvalue weighted by Gasteiger charge is 2.45. The fourth-order valence-electron chi connectivity index (χ4n) is 6.09. The highest BCUT2D eigenvalue weighted by atomic mass is 35.5. The van der Waals surface area contributed by atoms with Crippen molar-refractivity contribution in [2.24, 2.45) is 0 Å². The molecule has 0 unspecified atom stereocenters. The maximum absolute atomic E-state index is 15.4. The molecular weight excluding hydrogens is 623 g/mol. The molecule has 46 heavy (non-hydrogen) atoms. The molecule has 2 aliphatic rings. The van der Waals surface area contributed by atoms with E-state index in [-0.39, 0.29) is 58.9 Å². The van der Waals surface area contributed by atoms with Gasteiger partial charge in [0, 0.05) is 53.2 Å². The van der Waals surface area contributed by atoms with Crippen LogP contribution in [0.2, 0.25) is 5.02 Å². The van der Waals surface area contributed by atoms with Crippen molar-refractivity contribution in [3.8, 4) is 6.07 Å². The number of carbonyl (C=O) groups excluding carboxylic acids is 3. The zero-order valence-electron chi connectivity index (χ0n) is 24.2. The Kier molecular flexibility index (Phi) is 8.39. The number of nitriles is 1. The molecule has 14 heteroatoms. The lowest BCUT2D eigenvalue weighted by Crippen LogP contribution is -2.53. The summed E-state index contributed by atoms with van der Waals surface area (Å²) in [6.07, 6.45) is 1.93. The zero-order valence-corrected chi connectivity index (χ0v) is 25.0. The van der Waals surface area contributed by atoms with Gasteiger partial charge in [-0.1, -0.05) is 29.8 Å². The number of hydrogen-bond acceptors (Lipinski definition) is 6. The summed E-state index contributed by atoms with van der Waals surface area (Å²) in [7, 11) is 0. The van der Waals surface area contributed by atoms with Crippen LogP contribution in [-0.4, -0.2) is 50.9 Å². The van der Waals surface area contributed by atoms with Crippen LogP contribution in [0.25, 0.3) is 10.9 Å². The largest absolute Gasteiger partial charge is 0.351 e. The first kappa shape index (κ1) is 31.0. The highest BCUT2D eigenvalue weighted by molar-refractivity contribution is 6.31. The quantitative estimate of drug-likeness (QED) is 0.268. The van der Waals surface area contributed by atoms with Crippen LogP contribution in [-0.2, 0) is 14.4 Å². The first-order valence-electron chi connectivity index (χ1n) is 14.6. The minimum absolute atomic E-state index is 0.0172. The van der Waals surface area contributed by atoms with Crippen LogP contribution in [0.1, 0.15) is 55.7 Å². The van der Waals surface area contributed by atoms with E-state index in [0.29, 0.717) is 5.39 Å². The van der Waals surface area contributed by atoms with Gasteiger partial charge in [-0.2, -0.15) is 10.4 Å². The van der Waals surface area contributed by atoms with Gasteiger partial charge in [0.2, 0.25) is 17.7 Å². The van der Waals surface area contributed by atoms with Gasteiger partial charge in [0.25, 0.3) is 5.91 Å². The Labute approximate surface area is 266 Å². The maximum atomic E-state index is 15.4. The number of halogens is 4. The van der Waals surface area contributed by atoms with Gasteiger partial charge < -0.3 is 5.32 Å². The number of alkyl halides is 2. The minimum atomic E-state index is -2.84. The summed E-state index contributed by atoms with van der Waals surface area (Å²) >= 11 is 6.62. The Balaban J connectivity index is 1.48. The molecule has 2 aromatic carbocycles. The average Bonchev–Trinajstić information content (AvgIpc) is 3.68. The molecule has 2 aromatic heterocycles. The van der Waals surface area contributed by atoms with E-state index in [2.05, 4.69) is 20.5 Å². The molecule has 1 aliphatic heterocycles. The monoisotopic (exact) mass is 649 g/mol. The topological polar surface area (TPSA) is 135 Å². The van der Waals surface area contributed by atoms with Gasteiger partial charge in [-0.3, -0.25) is 29.3 Å². The van der Waals surface area contributed by atoms with Gasteiger partial charge in [-0.15, -0.1) is 0 Å². The van der Waals surface area contributed by atoms with Gasteiger partial charge in [0.1, 0.15) is 23.4 Å². The normalized spacial score (nSPS) is 18.7. The molecule has 2 atom stereocenters. The SMILES string of the molecule is N#Cc1ccnc(N2C(=O)CC[C@H]2C(=O)N(c2cc(F)c3[nH]ncc3c2)[C@H](C(=O)NC2CCC(F)(F)CC2)c2ccccc2Cl)c1. The number of nitrogens with zero attached hydrogens (tertiary/aromatic N) is 5. The Morgan fingerprint density at radius 1 is 1.15 bits per heavy atom. The van der Waals surface area contributed by atoms with Crippen molar-refractivity contribution >= 4 is 51.7 Å². The lowest BCUT2D eigenvalue weighted by Gasteiger charge is -2.37. The van der Waals surface area contributed by atoms with Gasteiger partial charge in [0.15, 0.2) is 5.82 Å². The number of carbonyl (C=O) groups is 3. The molecule has 1 saturated carbocycles. The van der Waals surface area contributed by atoms with Crippen LogP contribution in [0.4, 0.5) is 24.7 Å². The van der Waals surface area contributed by atoms with Gasteiger partial charge in [-0.05, 0) is 49.6 Å². The molecule has 3 heterocycles. The second kappa shape index (κ2) is 12.4. The van der Waals surface area contributed by atoms with E-state index in [1.165, 1.54) is 41.6 Å².